The van der Waals surface area contributed by atoms with Crippen molar-refractivity contribution in [2.45, 2.75) is 26.7 Å². The zero-order valence-corrected chi connectivity index (χ0v) is 28.3. The molecule has 252 valence electrons. The van der Waals surface area contributed by atoms with Crippen molar-refractivity contribution in [3.8, 4) is 0 Å². The van der Waals surface area contributed by atoms with Gasteiger partial charge in [0.15, 0.2) is 0 Å². The standard InChI is InChI=1S/2C11H11F4N2.2C6H7.Ti/c2*1-16-2-4-17(5-3-16)11-9(14)7(12)6-8(13)10(11)15;2*1-6-4-2-3-5-6;/h2*2-5H2,1H3;2*2,4H,3H2,1H3;/q4*-1;+4. The summed E-state index contributed by atoms with van der Waals surface area (Å²) in [5.41, 5.74) is 1.28. The van der Waals surface area contributed by atoms with E-state index in [2.05, 4.69) is 50.3 Å². The molecular weight excluding hydrogens is 664 g/mol. The minimum absolute atomic E-state index is 0. The number of benzene rings is 2. The van der Waals surface area contributed by atoms with Gasteiger partial charge in [0, 0.05) is 63.7 Å². The van der Waals surface area contributed by atoms with Gasteiger partial charge in [-0.15, -0.1) is 25.0 Å². The average molecular weight is 701 g/mol. The van der Waals surface area contributed by atoms with E-state index in [1.54, 1.807) is 0 Å². The van der Waals surface area contributed by atoms with Gasteiger partial charge in [-0.05, 0) is 14.1 Å². The Balaban J connectivity index is 0.000000239. The Hall–Kier alpha value is -2.93. The van der Waals surface area contributed by atoms with Crippen molar-refractivity contribution in [1.82, 2.24) is 9.80 Å². The summed E-state index contributed by atoms with van der Waals surface area (Å²) in [5.74, 6) is -11.5. The van der Waals surface area contributed by atoms with Crippen LogP contribution < -0.4 is 9.80 Å². The van der Waals surface area contributed by atoms with Crippen LogP contribution >= 0.6 is 0 Å². The van der Waals surface area contributed by atoms with Gasteiger partial charge in [0.25, 0.3) is 0 Å². The van der Waals surface area contributed by atoms with E-state index in [9.17, 15) is 35.1 Å². The van der Waals surface area contributed by atoms with Crippen molar-refractivity contribution >= 4 is 11.4 Å². The summed E-state index contributed by atoms with van der Waals surface area (Å²) in [6.07, 6.45) is 16.7. The van der Waals surface area contributed by atoms with E-state index in [4.69, 9.17) is 0 Å². The number of hydrogen-bond acceptors (Lipinski definition) is 4. The van der Waals surface area contributed by atoms with Gasteiger partial charge in [0.05, 0.1) is 46.5 Å². The first-order valence-corrected chi connectivity index (χ1v) is 14.7. The van der Waals surface area contributed by atoms with Crippen molar-refractivity contribution in [2.24, 2.45) is 0 Å². The SMILES string of the molecule is CC1=[C-]CC=C1.CC1=[C-]CC=C1.CN1CCN(c2c(F)c(F)[c-]c(F)c2F)CC1.CN1CCN(c2c(F)c(F)[c-]c(F)c2F)CC1.[Ti+4]. The number of likely N-dealkylation sites (N-methyl/N-ethyl adjacent to an activating group) is 2. The molecule has 2 heterocycles. The van der Waals surface area contributed by atoms with E-state index in [0.717, 1.165) is 12.8 Å². The van der Waals surface area contributed by atoms with Gasteiger partial charge in [0.1, 0.15) is 0 Å². The van der Waals surface area contributed by atoms with Gasteiger partial charge in [0.2, 0.25) is 0 Å². The number of nitrogens with zero attached hydrogens (tertiary/aromatic N) is 4. The summed E-state index contributed by atoms with van der Waals surface area (Å²) >= 11 is 0. The van der Waals surface area contributed by atoms with E-state index in [-0.39, 0.29) is 21.7 Å². The summed E-state index contributed by atoms with van der Waals surface area (Å²) in [7, 11) is 3.73. The first-order valence-electron chi connectivity index (χ1n) is 14.7. The zero-order chi connectivity index (χ0) is 34.0. The molecule has 4 nitrogen and oxygen atoms in total. The molecular formula is C34H36F8N4Ti. The molecule has 0 unspecified atom stereocenters. The van der Waals surface area contributed by atoms with Crippen molar-refractivity contribution in [1.29, 1.82) is 0 Å². The maximum absolute atomic E-state index is 13.5. The molecule has 2 fully saturated rings. The van der Waals surface area contributed by atoms with Crippen LogP contribution in [0.25, 0.3) is 0 Å². The molecule has 0 bridgehead atoms. The van der Waals surface area contributed by atoms with Gasteiger partial charge in [-0.3, -0.25) is 29.7 Å². The normalized spacial score (nSPS) is 17.4. The molecule has 47 heavy (non-hydrogen) atoms. The fourth-order valence-electron chi connectivity index (χ4n) is 4.67. The predicted molar refractivity (Wildman–Crippen MR) is 162 cm³/mol. The molecule has 2 aromatic carbocycles. The molecule has 0 amide bonds. The van der Waals surface area contributed by atoms with Crippen LogP contribution in [0, 0.1) is 70.8 Å². The van der Waals surface area contributed by atoms with Crippen LogP contribution in [0.15, 0.2) is 35.5 Å². The Morgan fingerprint density at radius 1 is 0.489 bits per heavy atom. The van der Waals surface area contributed by atoms with Crippen LogP contribution in [0.3, 0.4) is 0 Å². The number of halogens is 8. The molecule has 2 saturated heterocycles. The molecule has 4 aliphatic rings. The van der Waals surface area contributed by atoms with E-state index < -0.39 is 57.9 Å². The number of allylic oxidation sites excluding steroid dienone is 8. The van der Waals surface area contributed by atoms with Crippen molar-refractivity contribution in [3.63, 3.8) is 0 Å². The second-order valence-corrected chi connectivity index (χ2v) is 11.0. The Bertz CT molecular complexity index is 1290. The number of hydrogen-bond donors (Lipinski definition) is 0. The van der Waals surface area contributed by atoms with E-state index >= 15 is 0 Å². The molecule has 0 saturated carbocycles. The van der Waals surface area contributed by atoms with Gasteiger partial charge >= 0.3 is 21.7 Å². The van der Waals surface area contributed by atoms with Gasteiger partial charge in [-0.1, -0.05) is 13.8 Å². The molecule has 0 N–H and O–H groups in total. The van der Waals surface area contributed by atoms with Crippen LogP contribution in [0.4, 0.5) is 46.5 Å². The van der Waals surface area contributed by atoms with Crippen LogP contribution in [0.1, 0.15) is 26.7 Å². The first kappa shape index (κ1) is 40.2. The second-order valence-electron chi connectivity index (χ2n) is 11.0. The molecule has 2 aromatic rings. The Morgan fingerprint density at radius 2 is 0.766 bits per heavy atom. The molecule has 0 atom stereocenters. The third-order valence-electron chi connectivity index (χ3n) is 7.41. The number of anilines is 2. The summed E-state index contributed by atoms with van der Waals surface area (Å²) in [6, 6.07) is 2.75. The fraction of sp³-hybridized carbons (Fsp3) is 0.412. The van der Waals surface area contributed by atoms with Crippen LogP contribution in [-0.2, 0) is 21.7 Å². The molecule has 2 aliphatic carbocycles. The average Bonchev–Trinajstić information content (AvgIpc) is 3.71. The fourth-order valence-corrected chi connectivity index (χ4v) is 4.67. The topological polar surface area (TPSA) is 13.0 Å². The van der Waals surface area contributed by atoms with Crippen LogP contribution in [0.5, 0.6) is 0 Å². The third-order valence-corrected chi connectivity index (χ3v) is 7.41. The van der Waals surface area contributed by atoms with E-state index in [1.807, 2.05) is 23.9 Å². The smallest absolute Gasteiger partial charge is 0.385 e. The summed E-state index contributed by atoms with van der Waals surface area (Å²) < 4.78 is 106. The molecule has 13 heteroatoms. The van der Waals surface area contributed by atoms with E-state index in [0.29, 0.717) is 52.4 Å². The van der Waals surface area contributed by atoms with Crippen LogP contribution in [-0.4, -0.2) is 76.3 Å². The molecule has 0 aromatic heterocycles. The maximum Gasteiger partial charge on any atom is 4.00 e. The van der Waals surface area contributed by atoms with Gasteiger partial charge < -0.3 is 19.6 Å². The summed E-state index contributed by atoms with van der Waals surface area (Å²) in [4.78, 5) is 6.55. The minimum Gasteiger partial charge on any atom is -0.385 e. The predicted octanol–water partition coefficient (Wildman–Crippen LogP) is 6.98. The number of rotatable bonds is 2. The van der Waals surface area contributed by atoms with Crippen molar-refractivity contribution < 1.29 is 56.8 Å². The largest absolute Gasteiger partial charge is 4.00 e. The van der Waals surface area contributed by atoms with Gasteiger partial charge in [-0.25, -0.2) is 40.9 Å². The Morgan fingerprint density at radius 3 is 0.957 bits per heavy atom. The van der Waals surface area contributed by atoms with Crippen molar-refractivity contribution in [3.05, 3.63) is 106 Å². The molecule has 6 rings (SSSR count). The molecule has 0 spiro atoms. The Labute approximate surface area is 286 Å². The third kappa shape index (κ3) is 11.6. The monoisotopic (exact) mass is 700 g/mol. The maximum atomic E-state index is 13.5. The van der Waals surface area contributed by atoms with Crippen LogP contribution in [0.2, 0.25) is 0 Å². The summed E-state index contributed by atoms with van der Waals surface area (Å²) in [6.45, 7) is 7.76. The Kier molecular flexibility index (Phi) is 16.4. The quantitative estimate of drug-likeness (QED) is 0.145. The molecule has 0 radical (unpaired) electrons. The second kappa shape index (κ2) is 19.2. The number of piperazine rings is 2. The van der Waals surface area contributed by atoms with E-state index in [1.165, 1.54) is 33.1 Å². The zero-order valence-electron chi connectivity index (χ0n) is 26.7. The van der Waals surface area contributed by atoms with Crippen molar-refractivity contribution in [2.75, 3.05) is 76.3 Å². The first-order chi connectivity index (χ1) is 21.8. The minimum atomic E-state index is -1.49. The molecule has 2 aliphatic heterocycles. The summed E-state index contributed by atoms with van der Waals surface area (Å²) in [5, 5.41) is 0. The van der Waals surface area contributed by atoms with Gasteiger partial charge in [-0.2, -0.15) is 12.2 Å².